The van der Waals surface area contributed by atoms with Crippen LogP contribution in [0.15, 0.2) is 24.3 Å². The molecule has 0 aromatic heterocycles. The van der Waals surface area contributed by atoms with Crippen LogP contribution in [0.1, 0.15) is 5.56 Å². The maximum absolute atomic E-state index is 11.9. The summed E-state index contributed by atoms with van der Waals surface area (Å²) in [5, 5.41) is 2.74. The zero-order valence-corrected chi connectivity index (χ0v) is 10.8. The van der Waals surface area contributed by atoms with Crippen LogP contribution in [-0.4, -0.2) is 38.0 Å². The molecule has 0 aliphatic carbocycles. The monoisotopic (exact) mass is 266 g/mol. The Bertz CT molecular complexity index is 594. The van der Waals surface area contributed by atoms with Gasteiger partial charge in [0.05, 0.1) is 23.6 Å². The van der Waals surface area contributed by atoms with E-state index in [1.807, 2.05) is 31.2 Å². The molecule has 18 heavy (non-hydrogen) atoms. The van der Waals surface area contributed by atoms with E-state index in [1.165, 1.54) is 0 Å². The third-order valence-corrected chi connectivity index (χ3v) is 5.21. The lowest BCUT2D eigenvalue weighted by atomic mass is 10.1. The van der Waals surface area contributed by atoms with Gasteiger partial charge in [0.15, 0.2) is 9.84 Å². The quantitative estimate of drug-likeness (QED) is 0.761. The number of nitrogens with zero attached hydrogens (tertiary/aromatic N) is 1. The van der Waals surface area contributed by atoms with E-state index in [1.54, 1.807) is 4.90 Å². The van der Waals surface area contributed by atoms with E-state index in [9.17, 15) is 13.2 Å². The molecular formula is C12H14N2O3S. The Morgan fingerprint density at radius 2 is 1.89 bits per heavy atom. The summed E-state index contributed by atoms with van der Waals surface area (Å²) in [6, 6.07) is 6.78. The molecule has 2 amide bonds. The molecule has 2 saturated heterocycles. The molecule has 3 rings (SSSR count). The standard InChI is InChI=1S/C12H14N2O3S/c1-8-2-4-9(5-3-8)14-11-7-18(16,17)6-10(11)13-12(14)15/h2-5,10-11H,6-7H2,1H3,(H,13,15)/t10-,11+/m0/s1. The maximum Gasteiger partial charge on any atom is 0.322 e. The van der Waals surface area contributed by atoms with Crippen LogP contribution in [0, 0.1) is 6.92 Å². The van der Waals surface area contributed by atoms with Gasteiger partial charge >= 0.3 is 6.03 Å². The van der Waals surface area contributed by atoms with Crippen LogP contribution in [0.5, 0.6) is 0 Å². The molecule has 0 saturated carbocycles. The Morgan fingerprint density at radius 3 is 2.56 bits per heavy atom. The molecule has 0 unspecified atom stereocenters. The summed E-state index contributed by atoms with van der Waals surface area (Å²) in [4.78, 5) is 13.5. The number of carbonyl (C=O) groups is 1. The first-order valence-corrected chi connectivity index (χ1v) is 7.65. The molecule has 96 valence electrons. The van der Waals surface area contributed by atoms with Gasteiger partial charge in [0.1, 0.15) is 0 Å². The summed E-state index contributed by atoms with van der Waals surface area (Å²) < 4.78 is 23.2. The van der Waals surface area contributed by atoms with Crippen molar-refractivity contribution in [2.45, 2.75) is 19.0 Å². The summed E-state index contributed by atoms with van der Waals surface area (Å²) in [6.07, 6.45) is 0. The van der Waals surface area contributed by atoms with E-state index in [0.29, 0.717) is 0 Å². The first kappa shape index (κ1) is 11.5. The predicted molar refractivity (Wildman–Crippen MR) is 68.4 cm³/mol. The molecule has 6 heteroatoms. The van der Waals surface area contributed by atoms with Crippen LogP contribution in [0.25, 0.3) is 0 Å². The van der Waals surface area contributed by atoms with Crippen molar-refractivity contribution in [3.63, 3.8) is 0 Å². The molecule has 1 aromatic carbocycles. The Balaban J connectivity index is 1.96. The lowest BCUT2D eigenvalue weighted by Crippen LogP contribution is -2.36. The lowest BCUT2D eigenvalue weighted by molar-refractivity contribution is 0.251. The number of nitrogens with one attached hydrogen (secondary N) is 1. The van der Waals surface area contributed by atoms with E-state index >= 15 is 0 Å². The fourth-order valence-electron chi connectivity index (χ4n) is 2.61. The third kappa shape index (κ3) is 1.77. The van der Waals surface area contributed by atoms with Crippen LogP contribution in [-0.2, 0) is 9.84 Å². The van der Waals surface area contributed by atoms with E-state index in [0.717, 1.165) is 11.3 Å². The Labute approximate surface area is 106 Å². The highest BCUT2D eigenvalue weighted by Gasteiger charge is 2.49. The molecular weight excluding hydrogens is 252 g/mol. The first-order chi connectivity index (χ1) is 8.46. The second-order valence-electron chi connectivity index (χ2n) is 4.91. The van der Waals surface area contributed by atoms with Crippen LogP contribution in [0.2, 0.25) is 0 Å². The lowest BCUT2D eigenvalue weighted by Gasteiger charge is -2.21. The summed E-state index contributed by atoms with van der Waals surface area (Å²) in [6.45, 7) is 1.97. The van der Waals surface area contributed by atoms with Crippen LogP contribution in [0.3, 0.4) is 0 Å². The van der Waals surface area contributed by atoms with Crippen molar-refractivity contribution in [3.05, 3.63) is 29.8 Å². The van der Waals surface area contributed by atoms with Gasteiger partial charge in [0, 0.05) is 5.69 Å². The number of rotatable bonds is 1. The van der Waals surface area contributed by atoms with Crippen molar-refractivity contribution in [1.82, 2.24) is 5.32 Å². The number of hydrogen-bond donors (Lipinski definition) is 1. The normalized spacial score (nSPS) is 29.2. The van der Waals surface area contributed by atoms with Crippen LogP contribution in [0.4, 0.5) is 10.5 Å². The molecule has 5 nitrogen and oxygen atoms in total. The van der Waals surface area contributed by atoms with Gasteiger partial charge in [0.2, 0.25) is 0 Å². The summed E-state index contributed by atoms with van der Waals surface area (Å²) in [7, 11) is -3.03. The van der Waals surface area contributed by atoms with Gasteiger partial charge in [-0.1, -0.05) is 17.7 Å². The zero-order valence-electron chi connectivity index (χ0n) is 9.96. The number of sulfone groups is 1. The minimum absolute atomic E-state index is 0.0459. The van der Waals surface area contributed by atoms with Gasteiger partial charge in [0.25, 0.3) is 0 Å². The number of aryl methyl sites for hydroxylation is 1. The minimum atomic E-state index is -3.03. The smallest absolute Gasteiger partial charge is 0.322 e. The molecule has 0 bridgehead atoms. The highest BCUT2D eigenvalue weighted by Crippen LogP contribution is 2.29. The number of amides is 2. The van der Waals surface area contributed by atoms with Crippen molar-refractivity contribution >= 4 is 21.6 Å². The fraction of sp³-hybridized carbons (Fsp3) is 0.417. The molecule has 2 heterocycles. The van der Waals surface area contributed by atoms with E-state index in [-0.39, 0.29) is 29.6 Å². The average Bonchev–Trinajstić information content (AvgIpc) is 2.70. The number of fused-ring (bicyclic) bond motifs is 1. The van der Waals surface area contributed by atoms with Gasteiger partial charge < -0.3 is 5.32 Å². The van der Waals surface area contributed by atoms with Crippen LogP contribution >= 0.6 is 0 Å². The Hall–Kier alpha value is -1.56. The third-order valence-electron chi connectivity index (χ3n) is 3.49. The Kier molecular flexibility index (Phi) is 2.38. The molecule has 0 radical (unpaired) electrons. The number of carbonyl (C=O) groups excluding carboxylic acids is 1. The second-order valence-corrected chi connectivity index (χ2v) is 7.06. The number of urea groups is 1. The summed E-state index contributed by atoms with van der Waals surface area (Å²) in [5.74, 6) is 0.0933. The first-order valence-electron chi connectivity index (χ1n) is 5.83. The molecule has 2 atom stereocenters. The van der Waals surface area contributed by atoms with Gasteiger partial charge in [-0.25, -0.2) is 13.2 Å². The molecule has 1 aromatic rings. The summed E-state index contributed by atoms with van der Waals surface area (Å²) in [5.41, 5.74) is 1.86. The van der Waals surface area contributed by atoms with Crippen molar-refractivity contribution < 1.29 is 13.2 Å². The highest BCUT2D eigenvalue weighted by molar-refractivity contribution is 7.91. The van der Waals surface area contributed by atoms with Crippen LogP contribution < -0.4 is 10.2 Å². The summed E-state index contributed by atoms with van der Waals surface area (Å²) >= 11 is 0. The maximum atomic E-state index is 11.9. The van der Waals surface area contributed by atoms with Gasteiger partial charge in [-0.15, -0.1) is 0 Å². The SMILES string of the molecule is Cc1ccc(N2C(=O)N[C@H]3CS(=O)(=O)C[C@H]32)cc1. The van der Waals surface area contributed by atoms with E-state index < -0.39 is 9.84 Å². The van der Waals surface area contributed by atoms with Crippen molar-refractivity contribution in [1.29, 1.82) is 0 Å². The molecule has 2 aliphatic heterocycles. The number of benzene rings is 1. The molecule has 2 fully saturated rings. The van der Waals surface area contributed by atoms with Crippen molar-refractivity contribution in [3.8, 4) is 0 Å². The molecule has 2 aliphatic rings. The largest absolute Gasteiger partial charge is 0.332 e. The second kappa shape index (κ2) is 3.71. The van der Waals surface area contributed by atoms with Gasteiger partial charge in [-0.05, 0) is 19.1 Å². The minimum Gasteiger partial charge on any atom is -0.332 e. The zero-order chi connectivity index (χ0) is 12.9. The Morgan fingerprint density at radius 1 is 1.22 bits per heavy atom. The van der Waals surface area contributed by atoms with Gasteiger partial charge in [-0.2, -0.15) is 0 Å². The van der Waals surface area contributed by atoms with Crippen molar-refractivity contribution in [2.75, 3.05) is 16.4 Å². The number of anilines is 1. The highest BCUT2D eigenvalue weighted by atomic mass is 32.2. The van der Waals surface area contributed by atoms with E-state index in [4.69, 9.17) is 0 Å². The van der Waals surface area contributed by atoms with Crippen molar-refractivity contribution in [2.24, 2.45) is 0 Å². The topological polar surface area (TPSA) is 66.5 Å². The molecule has 1 N–H and O–H groups in total. The van der Waals surface area contributed by atoms with Gasteiger partial charge in [-0.3, -0.25) is 4.90 Å². The fourth-order valence-corrected chi connectivity index (χ4v) is 4.50. The number of hydrogen-bond acceptors (Lipinski definition) is 3. The predicted octanol–water partition coefficient (Wildman–Crippen LogP) is 0.690. The average molecular weight is 266 g/mol. The molecule has 0 spiro atoms. The van der Waals surface area contributed by atoms with E-state index in [2.05, 4.69) is 5.32 Å².